The molecule has 0 saturated carbocycles. The third-order valence-corrected chi connectivity index (χ3v) is 8.27. The molecule has 0 aliphatic heterocycles. The van der Waals surface area contributed by atoms with Gasteiger partial charge in [-0.1, -0.05) is 44.1 Å². The van der Waals surface area contributed by atoms with Crippen LogP contribution in [0, 0.1) is 49.4 Å². The van der Waals surface area contributed by atoms with Gasteiger partial charge in [-0.2, -0.15) is 0 Å². The van der Waals surface area contributed by atoms with E-state index in [0.29, 0.717) is 67.5 Å². The zero-order valence-corrected chi connectivity index (χ0v) is 29.6. The fraction of sp³-hybridized carbons (Fsp3) is 0.200. The molecule has 0 unspecified atom stereocenters. The average molecular weight is 741 g/mol. The second-order valence-corrected chi connectivity index (χ2v) is 11.8. The summed E-state index contributed by atoms with van der Waals surface area (Å²) in [5.41, 5.74) is 43.2. The van der Waals surface area contributed by atoms with Crippen molar-refractivity contribution < 1.29 is 18.9 Å². The Hall–Kier alpha value is -8.44. The molecule has 0 heterocycles. The first kappa shape index (κ1) is 38.8. The van der Waals surface area contributed by atoms with Gasteiger partial charge in [0.1, 0.15) is 49.4 Å². The second kappa shape index (κ2) is 18.9. The van der Waals surface area contributed by atoms with E-state index in [1.54, 1.807) is 48.5 Å². The molecular formula is C40H28N12O4. The van der Waals surface area contributed by atoms with Crippen LogP contribution in [0.5, 0.6) is 23.0 Å². The first-order chi connectivity index (χ1) is 27.4. The fourth-order valence-electron chi connectivity index (χ4n) is 6.45. The van der Waals surface area contributed by atoms with Crippen LogP contribution in [0.2, 0.25) is 0 Å². The minimum atomic E-state index is -0.127. The van der Waals surface area contributed by atoms with Crippen molar-refractivity contribution in [3.8, 4) is 72.4 Å². The molecule has 0 saturated heterocycles. The van der Waals surface area contributed by atoms with Gasteiger partial charge in [0.15, 0.2) is 0 Å². The Balaban J connectivity index is 1.99. The summed E-state index contributed by atoms with van der Waals surface area (Å²) in [5.74, 6) is 11.4. The number of terminal acetylenes is 4. The quantitative estimate of drug-likeness (QED) is 0.0525. The van der Waals surface area contributed by atoms with E-state index in [4.69, 9.17) is 44.6 Å². The van der Waals surface area contributed by atoms with Crippen molar-refractivity contribution in [1.29, 1.82) is 0 Å². The lowest BCUT2D eigenvalue weighted by Crippen LogP contribution is -2.09. The number of benzene rings is 4. The molecule has 5 rings (SSSR count). The van der Waals surface area contributed by atoms with Gasteiger partial charge in [0.05, 0.1) is 0 Å². The maximum Gasteiger partial charge on any atom is 0.148 e. The van der Waals surface area contributed by atoms with Gasteiger partial charge < -0.3 is 18.9 Å². The number of azide groups is 4. The van der Waals surface area contributed by atoms with Gasteiger partial charge in [0, 0.05) is 68.1 Å². The fourth-order valence-corrected chi connectivity index (χ4v) is 6.45. The van der Waals surface area contributed by atoms with E-state index in [2.05, 4.69) is 63.8 Å². The Morgan fingerprint density at radius 2 is 0.571 bits per heavy atom. The number of hydrogen-bond donors (Lipinski definition) is 0. The minimum Gasteiger partial charge on any atom is -0.480 e. The van der Waals surface area contributed by atoms with Gasteiger partial charge in [0.25, 0.3) is 0 Å². The second-order valence-electron chi connectivity index (χ2n) is 11.8. The van der Waals surface area contributed by atoms with Gasteiger partial charge in [-0.15, -0.1) is 25.7 Å². The smallest absolute Gasteiger partial charge is 0.148 e. The molecule has 0 radical (unpaired) electrons. The van der Waals surface area contributed by atoms with Crippen molar-refractivity contribution in [3.05, 3.63) is 135 Å². The van der Waals surface area contributed by atoms with Crippen LogP contribution in [0.1, 0.15) is 44.5 Å². The van der Waals surface area contributed by atoms with Gasteiger partial charge in [0.2, 0.25) is 0 Å². The highest BCUT2D eigenvalue weighted by molar-refractivity contribution is 5.64. The highest BCUT2D eigenvalue weighted by Gasteiger charge is 2.24. The molecule has 8 bridgehead atoms. The number of rotatable bonds is 12. The van der Waals surface area contributed by atoms with Crippen molar-refractivity contribution in [3.63, 3.8) is 0 Å². The lowest BCUT2D eigenvalue weighted by atomic mass is 9.90. The molecule has 1 aliphatic carbocycles. The summed E-state index contributed by atoms with van der Waals surface area (Å²) in [5, 5.41) is 15.6. The highest BCUT2D eigenvalue weighted by Crippen LogP contribution is 2.43. The van der Waals surface area contributed by atoms with E-state index in [0.717, 1.165) is 0 Å². The van der Waals surface area contributed by atoms with E-state index < -0.39 is 0 Å². The van der Waals surface area contributed by atoms with E-state index in [1.165, 1.54) is 0 Å². The van der Waals surface area contributed by atoms with E-state index in [9.17, 15) is 22.1 Å². The molecule has 272 valence electrons. The first-order valence-electron chi connectivity index (χ1n) is 16.5. The van der Waals surface area contributed by atoms with Crippen molar-refractivity contribution in [2.75, 3.05) is 26.4 Å². The van der Waals surface area contributed by atoms with E-state index >= 15 is 0 Å². The van der Waals surface area contributed by atoms with Crippen LogP contribution in [0.3, 0.4) is 0 Å². The third-order valence-electron chi connectivity index (χ3n) is 8.27. The Morgan fingerprint density at radius 1 is 0.393 bits per heavy atom. The van der Waals surface area contributed by atoms with Crippen LogP contribution in [-0.2, 0) is 25.7 Å². The summed E-state index contributed by atoms with van der Waals surface area (Å²) in [6.07, 6.45) is 22.9. The zero-order chi connectivity index (χ0) is 39.9. The predicted molar refractivity (Wildman–Crippen MR) is 210 cm³/mol. The van der Waals surface area contributed by atoms with Crippen molar-refractivity contribution in [1.82, 2.24) is 0 Å². The Bertz CT molecular complexity index is 2130. The Labute approximate surface area is 320 Å². The SMILES string of the molecule is C#CCOc1c2cc(N=[N+]=[N-])cc1Cc1cc(N=[N+]=[N-])cc(c1OCC#C)Cc1cc(N=[N+]=[N-])cc(c1OCC#C)Cc1cc(N=[N+]=[N-])cc(c1OCC#C)C2. The lowest BCUT2D eigenvalue weighted by Gasteiger charge is -2.23. The molecule has 0 spiro atoms. The van der Waals surface area contributed by atoms with Gasteiger partial charge >= 0.3 is 0 Å². The average Bonchev–Trinajstić information content (AvgIpc) is 3.17. The van der Waals surface area contributed by atoms with E-state index in [-0.39, 0.29) is 74.9 Å². The number of fused-ring (bicyclic) bond motifs is 8. The van der Waals surface area contributed by atoms with E-state index in [1.807, 2.05) is 0 Å². The van der Waals surface area contributed by atoms with Crippen LogP contribution in [0.4, 0.5) is 22.7 Å². The number of hydrogen-bond acceptors (Lipinski definition) is 8. The van der Waals surface area contributed by atoms with Crippen LogP contribution in [0.25, 0.3) is 41.8 Å². The predicted octanol–water partition coefficient (Wildman–Crippen LogP) is 10.2. The molecule has 0 fully saturated rings. The molecule has 16 heteroatoms. The molecular weight excluding hydrogens is 713 g/mol. The normalized spacial score (nSPS) is 10.8. The summed E-state index contributed by atoms with van der Waals surface area (Å²) in [6.45, 7) is -0.506. The van der Waals surface area contributed by atoms with Crippen LogP contribution < -0.4 is 18.9 Å². The monoisotopic (exact) mass is 740 g/mol. The van der Waals surface area contributed by atoms with Crippen molar-refractivity contribution in [2.24, 2.45) is 20.5 Å². The standard InChI is InChI=1S/C40H28N12O4/c1-5-9-53-37-25-13-27-19-34(46-50-42)21-29(38(27)54-10-6-2)15-31-23-36(48-52-44)24-32(40(31)56-12-8-4)16-30-22-35(47-51-43)20-28(39(30)55-11-7-3)14-26(37)18-33(17-25)45-49-41/h1-4,17-24H,9-16H2. The third kappa shape index (κ3) is 9.13. The van der Waals surface area contributed by atoms with Gasteiger partial charge in [-0.05, 0) is 115 Å². The molecule has 56 heavy (non-hydrogen) atoms. The molecule has 4 aromatic carbocycles. The zero-order valence-electron chi connectivity index (χ0n) is 29.6. The molecule has 0 amide bonds. The molecule has 1 aliphatic rings. The van der Waals surface area contributed by atoms with Crippen LogP contribution in [0.15, 0.2) is 69.0 Å². The molecule has 16 nitrogen and oxygen atoms in total. The maximum atomic E-state index is 9.51. The summed E-state index contributed by atoms with van der Waals surface area (Å²) in [6, 6.07) is 13.1. The van der Waals surface area contributed by atoms with Crippen molar-refractivity contribution in [2.45, 2.75) is 25.7 Å². The molecule has 0 atom stereocenters. The molecule has 0 aromatic heterocycles. The lowest BCUT2D eigenvalue weighted by molar-refractivity contribution is 0.354. The van der Waals surface area contributed by atoms with Gasteiger partial charge in [-0.25, -0.2) is 0 Å². The summed E-state index contributed by atoms with van der Waals surface area (Å²) in [7, 11) is 0. The van der Waals surface area contributed by atoms with Crippen LogP contribution in [-0.4, -0.2) is 26.4 Å². The number of nitrogens with zero attached hydrogens (tertiary/aromatic N) is 12. The van der Waals surface area contributed by atoms with Crippen molar-refractivity contribution >= 4 is 22.7 Å². The minimum absolute atomic E-state index is 0.0678. The Morgan fingerprint density at radius 3 is 0.714 bits per heavy atom. The van der Waals surface area contributed by atoms with Gasteiger partial charge in [-0.3, -0.25) is 0 Å². The number of ether oxygens (including phenoxy) is 4. The summed E-state index contributed by atoms with van der Waals surface area (Å²) >= 11 is 0. The maximum absolute atomic E-state index is 9.51. The highest BCUT2D eigenvalue weighted by atomic mass is 16.5. The first-order valence-corrected chi connectivity index (χ1v) is 16.5. The summed E-state index contributed by atoms with van der Waals surface area (Å²) < 4.78 is 24.8. The topological polar surface area (TPSA) is 232 Å². The molecule has 0 N–H and O–H groups in total. The largest absolute Gasteiger partial charge is 0.480 e. The molecule has 4 aromatic rings. The summed E-state index contributed by atoms with van der Waals surface area (Å²) in [4.78, 5) is 12.1. The Kier molecular flexibility index (Phi) is 13.1. The van der Waals surface area contributed by atoms with Crippen LogP contribution >= 0.6 is 0 Å².